The number of hydrogen-bond acceptors (Lipinski definition) is 1. The van der Waals surface area contributed by atoms with Crippen LogP contribution in [0.5, 0.6) is 0 Å². The van der Waals surface area contributed by atoms with E-state index in [1.807, 2.05) is 29.1 Å². The maximum absolute atomic E-state index is 4.03. The molecule has 0 aliphatic rings. The zero-order valence-corrected chi connectivity index (χ0v) is 11.9. The second kappa shape index (κ2) is 5.37. The summed E-state index contributed by atoms with van der Waals surface area (Å²) in [6.07, 6.45) is 8.45. The zero-order chi connectivity index (χ0) is 14.8. The molecule has 0 atom stereocenters. The Balaban J connectivity index is 1.90. The molecule has 2 aromatic carbocycles. The first-order chi connectivity index (χ1) is 10.9. The molecule has 0 unspecified atom stereocenters. The monoisotopic (exact) mass is 284 g/mol. The first kappa shape index (κ1) is 12.7. The standard InChI is InChI=1S/C19H14N3/c1-2-6-15(7-3-1)19-17(10-11-21-19)16-8-4-5-9-18(16)22-13-12-20-14-22/h1-11,13-14,21H. The molecule has 1 N–H and O–H groups in total. The Labute approximate surface area is 128 Å². The van der Waals surface area contributed by atoms with Crippen LogP contribution in [0.15, 0.2) is 79.4 Å². The average Bonchev–Trinajstić information content (AvgIpc) is 3.27. The van der Waals surface area contributed by atoms with Crippen LogP contribution in [0.2, 0.25) is 0 Å². The van der Waals surface area contributed by atoms with Crippen molar-refractivity contribution in [3.63, 3.8) is 0 Å². The first-order valence-electron chi connectivity index (χ1n) is 7.16. The van der Waals surface area contributed by atoms with E-state index in [1.54, 1.807) is 6.33 Å². The van der Waals surface area contributed by atoms with Gasteiger partial charge in [-0.3, -0.25) is 0 Å². The van der Waals surface area contributed by atoms with Crippen LogP contribution in [-0.4, -0.2) is 14.5 Å². The number of rotatable bonds is 3. The van der Waals surface area contributed by atoms with Gasteiger partial charge in [-0.2, -0.15) is 0 Å². The fourth-order valence-electron chi connectivity index (χ4n) is 2.72. The first-order valence-corrected chi connectivity index (χ1v) is 7.16. The molecule has 0 aliphatic carbocycles. The Hall–Kier alpha value is -3.07. The SMILES string of the molecule is [c]1cn(-c2ccccc2-c2cc[nH]c2-c2ccccc2)cn1. The number of imidazole rings is 1. The van der Waals surface area contributed by atoms with E-state index >= 15 is 0 Å². The van der Waals surface area contributed by atoms with Gasteiger partial charge in [-0.05, 0) is 17.7 Å². The summed E-state index contributed by atoms with van der Waals surface area (Å²) < 4.78 is 1.98. The summed E-state index contributed by atoms with van der Waals surface area (Å²) in [4.78, 5) is 7.39. The Bertz CT molecular complexity index is 874. The van der Waals surface area contributed by atoms with Crippen LogP contribution in [0, 0.1) is 6.20 Å². The summed E-state index contributed by atoms with van der Waals surface area (Å²) in [7, 11) is 0. The largest absolute Gasteiger partial charge is 0.361 e. The van der Waals surface area contributed by atoms with Gasteiger partial charge in [-0.25, -0.2) is 4.98 Å². The fraction of sp³-hybridized carbons (Fsp3) is 0. The van der Waals surface area contributed by atoms with E-state index in [0.717, 1.165) is 16.9 Å². The van der Waals surface area contributed by atoms with Crippen LogP contribution >= 0.6 is 0 Å². The van der Waals surface area contributed by atoms with Gasteiger partial charge < -0.3 is 9.55 Å². The highest BCUT2D eigenvalue weighted by molar-refractivity contribution is 5.85. The molecule has 3 heteroatoms. The second-order valence-corrected chi connectivity index (χ2v) is 5.06. The lowest BCUT2D eigenvalue weighted by atomic mass is 10.00. The summed E-state index contributed by atoms with van der Waals surface area (Å²) in [6, 6.07) is 20.8. The molecule has 4 aromatic rings. The number of para-hydroxylation sites is 1. The van der Waals surface area contributed by atoms with Gasteiger partial charge in [0, 0.05) is 23.5 Å². The summed E-state index contributed by atoms with van der Waals surface area (Å²) in [6.45, 7) is 0. The molecule has 22 heavy (non-hydrogen) atoms. The third kappa shape index (κ3) is 2.13. The van der Waals surface area contributed by atoms with Crippen LogP contribution in [0.3, 0.4) is 0 Å². The smallest absolute Gasteiger partial charge is 0.109 e. The average molecular weight is 284 g/mol. The van der Waals surface area contributed by atoms with Gasteiger partial charge >= 0.3 is 0 Å². The Morgan fingerprint density at radius 3 is 2.50 bits per heavy atom. The Kier molecular flexibility index (Phi) is 3.09. The molecule has 1 radical (unpaired) electrons. The normalized spacial score (nSPS) is 10.7. The van der Waals surface area contributed by atoms with E-state index in [0.29, 0.717) is 0 Å². The molecule has 0 spiro atoms. The van der Waals surface area contributed by atoms with Gasteiger partial charge in [0.1, 0.15) is 6.20 Å². The molecule has 4 rings (SSSR count). The lowest BCUT2D eigenvalue weighted by Crippen LogP contribution is -1.94. The van der Waals surface area contributed by atoms with Crippen LogP contribution < -0.4 is 0 Å². The molecule has 105 valence electrons. The predicted octanol–water partition coefficient (Wildman–Crippen LogP) is 4.33. The third-order valence-electron chi connectivity index (χ3n) is 3.74. The topological polar surface area (TPSA) is 33.6 Å². The molecular weight excluding hydrogens is 270 g/mol. The van der Waals surface area contributed by atoms with Crippen LogP contribution in [0.25, 0.3) is 28.1 Å². The van der Waals surface area contributed by atoms with Crippen molar-refractivity contribution >= 4 is 0 Å². The van der Waals surface area contributed by atoms with E-state index in [9.17, 15) is 0 Å². The highest BCUT2D eigenvalue weighted by Crippen LogP contribution is 2.34. The molecule has 2 aromatic heterocycles. The van der Waals surface area contributed by atoms with Crippen LogP contribution in [0.1, 0.15) is 0 Å². The minimum absolute atomic E-state index is 1.09. The van der Waals surface area contributed by atoms with Gasteiger partial charge in [0.15, 0.2) is 0 Å². The number of benzene rings is 2. The van der Waals surface area contributed by atoms with E-state index in [-0.39, 0.29) is 0 Å². The number of nitrogens with zero attached hydrogens (tertiary/aromatic N) is 2. The number of hydrogen-bond donors (Lipinski definition) is 1. The predicted molar refractivity (Wildman–Crippen MR) is 87.6 cm³/mol. The molecule has 0 amide bonds. The van der Waals surface area contributed by atoms with Crippen molar-refractivity contribution in [1.82, 2.24) is 14.5 Å². The van der Waals surface area contributed by atoms with E-state index < -0.39 is 0 Å². The number of aromatic amines is 1. The second-order valence-electron chi connectivity index (χ2n) is 5.06. The van der Waals surface area contributed by atoms with Gasteiger partial charge in [0.25, 0.3) is 0 Å². The molecule has 0 saturated heterocycles. The fourth-order valence-corrected chi connectivity index (χ4v) is 2.72. The Morgan fingerprint density at radius 2 is 1.68 bits per heavy atom. The Morgan fingerprint density at radius 1 is 0.864 bits per heavy atom. The highest BCUT2D eigenvalue weighted by atomic mass is 15.0. The van der Waals surface area contributed by atoms with E-state index in [2.05, 4.69) is 64.7 Å². The van der Waals surface area contributed by atoms with Gasteiger partial charge in [-0.15, -0.1) is 0 Å². The third-order valence-corrected chi connectivity index (χ3v) is 3.74. The minimum atomic E-state index is 1.09. The molecule has 3 nitrogen and oxygen atoms in total. The number of H-pyrrole nitrogens is 1. The van der Waals surface area contributed by atoms with Crippen LogP contribution in [0.4, 0.5) is 0 Å². The number of aromatic nitrogens is 3. The molecule has 0 saturated carbocycles. The molecule has 0 bridgehead atoms. The minimum Gasteiger partial charge on any atom is -0.361 e. The van der Waals surface area contributed by atoms with Crippen molar-refractivity contribution < 1.29 is 0 Å². The maximum Gasteiger partial charge on any atom is 0.109 e. The van der Waals surface area contributed by atoms with Crippen molar-refractivity contribution in [2.24, 2.45) is 0 Å². The number of nitrogens with one attached hydrogen (secondary N) is 1. The molecule has 2 heterocycles. The lowest BCUT2D eigenvalue weighted by Gasteiger charge is -2.11. The van der Waals surface area contributed by atoms with Crippen molar-refractivity contribution in [3.05, 3.63) is 85.6 Å². The van der Waals surface area contributed by atoms with Gasteiger partial charge in [-0.1, -0.05) is 48.5 Å². The van der Waals surface area contributed by atoms with Crippen LogP contribution in [-0.2, 0) is 0 Å². The summed E-state index contributed by atoms with van der Waals surface area (Å²) in [5.41, 5.74) is 5.73. The summed E-state index contributed by atoms with van der Waals surface area (Å²) in [5.74, 6) is 0. The van der Waals surface area contributed by atoms with Crippen molar-refractivity contribution in [2.45, 2.75) is 0 Å². The van der Waals surface area contributed by atoms with Gasteiger partial charge in [0.2, 0.25) is 0 Å². The molecule has 0 fully saturated rings. The summed E-state index contributed by atoms with van der Waals surface area (Å²) in [5, 5.41) is 0. The molecule has 0 aliphatic heterocycles. The van der Waals surface area contributed by atoms with Crippen molar-refractivity contribution in [2.75, 3.05) is 0 Å². The zero-order valence-electron chi connectivity index (χ0n) is 11.9. The van der Waals surface area contributed by atoms with E-state index in [1.165, 1.54) is 11.1 Å². The molecular formula is C19H14N3. The van der Waals surface area contributed by atoms with E-state index in [4.69, 9.17) is 0 Å². The van der Waals surface area contributed by atoms with Crippen molar-refractivity contribution in [1.29, 1.82) is 0 Å². The lowest BCUT2D eigenvalue weighted by molar-refractivity contribution is 1.06. The highest BCUT2D eigenvalue weighted by Gasteiger charge is 2.12. The quantitative estimate of drug-likeness (QED) is 0.596. The van der Waals surface area contributed by atoms with Gasteiger partial charge in [0.05, 0.1) is 17.7 Å². The maximum atomic E-state index is 4.03. The summed E-state index contributed by atoms with van der Waals surface area (Å²) >= 11 is 0. The van der Waals surface area contributed by atoms with Crippen molar-refractivity contribution in [3.8, 4) is 28.1 Å².